The normalized spacial score (nSPS) is 21.5. The van der Waals surface area contributed by atoms with Crippen molar-refractivity contribution in [3.63, 3.8) is 0 Å². The fraction of sp³-hybridized carbons (Fsp3) is 0.571. The summed E-state index contributed by atoms with van der Waals surface area (Å²) in [6.07, 6.45) is 4.54. The van der Waals surface area contributed by atoms with E-state index in [4.69, 9.17) is 0 Å². The molecule has 2 aliphatic rings. The molecule has 4 rings (SSSR count). The summed E-state index contributed by atoms with van der Waals surface area (Å²) in [5, 5.41) is 0.537. The highest BCUT2D eigenvalue weighted by Gasteiger charge is 2.39. The van der Waals surface area contributed by atoms with Gasteiger partial charge in [0, 0.05) is 12.1 Å². The molecule has 1 aromatic heterocycles. The lowest BCUT2D eigenvalue weighted by Gasteiger charge is -2.35. The molecule has 9 heteroatoms. The van der Waals surface area contributed by atoms with Crippen molar-refractivity contribution in [2.45, 2.75) is 50.7 Å². The third-order valence-corrected chi connectivity index (χ3v) is 7.84. The first-order valence-electron chi connectivity index (χ1n) is 10.5. The Morgan fingerprint density at radius 2 is 1.90 bits per heavy atom. The Balaban J connectivity index is 1.47. The minimum Gasteiger partial charge on any atom is -0.335 e. The maximum Gasteiger partial charge on any atom is 0.258 e. The van der Waals surface area contributed by atoms with Crippen LogP contribution in [0.1, 0.15) is 37.9 Å². The number of nitrogens with zero attached hydrogens (tertiary/aromatic N) is 3. The van der Waals surface area contributed by atoms with Crippen LogP contribution in [0.25, 0.3) is 10.9 Å². The maximum absolute atomic E-state index is 13.2. The number of aromatic amines is 1. The van der Waals surface area contributed by atoms with E-state index in [-0.39, 0.29) is 41.6 Å². The summed E-state index contributed by atoms with van der Waals surface area (Å²) in [5.41, 5.74) is 0.429. The van der Waals surface area contributed by atoms with Crippen molar-refractivity contribution >= 4 is 26.6 Å². The van der Waals surface area contributed by atoms with Gasteiger partial charge in [-0.25, -0.2) is 13.4 Å². The predicted molar refractivity (Wildman–Crippen MR) is 115 cm³/mol. The van der Waals surface area contributed by atoms with Crippen LogP contribution in [-0.2, 0) is 21.2 Å². The van der Waals surface area contributed by atoms with Gasteiger partial charge in [0.1, 0.15) is 5.82 Å². The summed E-state index contributed by atoms with van der Waals surface area (Å²) in [6, 6.07) is 7.06. The van der Waals surface area contributed by atoms with Gasteiger partial charge in [0.15, 0.2) is 9.84 Å². The van der Waals surface area contributed by atoms with Crippen LogP contribution in [0.5, 0.6) is 0 Å². The standard InChI is InChI=1S/C21H28N4O4S/c1-24(12-19-22-18-9-5-4-8-17(18)21(27)23-19)13-20(26)25(15-6-2-3-7-15)16-10-11-30(28,29)14-16/h4-5,8-9,15-16H,2-3,6-7,10-14H2,1H3,(H,22,23,27)/t16-/m1/s1. The lowest BCUT2D eigenvalue weighted by Crippen LogP contribution is -2.50. The van der Waals surface area contributed by atoms with Crippen molar-refractivity contribution in [1.29, 1.82) is 0 Å². The minimum atomic E-state index is -3.06. The number of hydrogen-bond donors (Lipinski definition) is 1. The molecule has 2 fully saturated rings. The van der Waals surface area contributed by atoms with Gasteiger partial charge in [-0.05, 0) is 38.4 Å². The van der Waals surface area contributed by atoms with Crippen LogP contribution >= 0.6 is 0 Å². The molecule has 1 aliphatic carbocycles. The smallest absolute Gasteiger partial charge is 0.258 e. The number of amides is 1. The fourth-order valence-electron chi connectivity index (χ4n) is 4.72. The third kappa shape index (κ3) is 4.57. The molecule has 1 saturated carbocycles. The number of aromatic nitrogens is 2. The zero-order valence-electron chi connectivity index (χ0n) is 17.2. The second kappa shape index (κ2) is 8.47. The Bertz CT molecular complexity index is 1090. The van der Waals surface area contributed by atoms with Crippen molar-refractivity contribution in [2.75, 3.05) is 25.1 Å². The van der Waals surface area contributed by atoms with Crippen LogP contribution in [0.4, 0.5) is 0 Å². The molecule has 1 saturated heterocycles. The molecule has 2 aromatic rings. The first-order chi connectivity index (χ1) is 14.3. The number of sulfone groups is 1. The van der Waals surface area contributed by atoms with E-state index in [9.17, 15) is 18.0 Å². The largest absolute Gasteiger partial charge is 0.335 e. The van der Waals surface area contributed by atoms with Gasteiger partial charge in [-0.1, -0.05) is 25.0 Å². The molecular formula is C21H28N4O4S. The second-order valence-electron chi connectivity index (χ2n) is 8.50. The first kappa shape index (κ1) is 21.0. The quantitative estimate of drug-likeness (QED) is 0.738. The van der Waals surface area contributed by atoms with E-state index in [1.807, 2.05) is 22.9 Å². The number of likely N-dealkylation sites (N-methyl/N-ethyl adjacent to an activating group) is 1. The molecule has 0 spiro atoms. The Morgan fingerprint density at radius 3 is 2.60 bits per heavy atom. The van der Waals surface area contributed by atoms with E-state index < -0.39 is 9.84 Å². The number of rotatable bonds is 6. The van der Waals surface area contributed by atoms with Crippen LogP contribution in [0.3, 0.4) is 0 Å². The zero-order chi connectivity index (χ0) is 21.3. The van der Waals surface area contributed by atoms with Crippen molar-refractivity contribution in [1.82, 2.24) is 19.8 Å². The van der Waals surface area contributed by atoms with E-state index in [0.29, 0.717) is 29.7 Å². The number of carbonyl (C=O) groups is 1. The molecule has 2 heterocycles. The highest BCUT2D eigenvalue weighted by molar-refractivity contribution is 7.91. The average Bonchev–Trinajstić information content (AvgIpc) is 3.32. The number of benzene rings is 1. The number of nitrogens with one attached hydrogen (secondary N) is 1. The van der Waals surface area contributed by atoms with Gasteiger partial charge < -0.3 is 9.88 Å². The number of para-hydroxylation sites is 1. The number of carbonyl (C=O) groups excluding carboxylic acids is 1. The molecule has 30 heavy (non-hydrogen) atoms. The summed E-state index contributed by atoms with van der Waals surface area (Å²) in [6.45, 7) is 0.483. The Hall–Kier alpha value is -2.26. The van der Waals surface area contributed by atoms with Crippen molar-refractivity contribution < 1.29 is 13.2 Å². The lowest BCUT2D eigenvalue weighted by molar-refractivity contribution is -0.136. The van der Waals surface area contributed by atoms with Gasteiger partial charge in [0.05, 0.1) is 35.5 Å². The fourth-order valence-corrected chi connectivity index (χ4v) is 6.43. The van der Waals surface area contributed by atoms with Crippen LogP contribution in [-0.4, -0.2) is 71.3 Å². The van der Waals surface area contributed by atoms with E-state index in [1.165, 1.54) is 0 Å². The maximum atomic E-state index is 13.2. The van der Waals surface area contributed by atoms with Gasteiger partial charge in [-0.2, -0.15) is 0 Å². The van der Waals surface area contributed by atoms with Gasteiger partial charge in [0.2, 0.25) is 5.91 Å². The molecule has 1 aromatic carbocycles. The van der Waals surface area contributed by atoms with Gasteiger partial charge in [-0.15, -0.1) is 0 Å². The van der Waals surface area contributed by atoms with Crippen LogP contribution in [0, 0.1) is 0 Å². The second-order valence-corrected chi connectivity index (χ2v) is 10.7. The topological polar surface area (TPSA) is 103 Å². The van der Waals surface area contributed by atoms with Gasteiger partial charge >= 0.3 is 0 Å². The number of fused-ring (bicyclic) bond motifs is 1. The molecule has 1 atom stereocenters. The average molecular weight is 433 g/mol. The first-order valence-corrected chi connectivity index (χ1v) is 12.3. The summed E-state index contributed by atoms with van der Waals surface area (Å²) >= 11 is 0. The van der Waals surface area contributed by atoms with Crippen LogP contribution in [0.2, 0.25) is 0 Å². The van der Waals surface area contributed by atoms with E-state index in [0.717, 1.165) is 25.7 Å². The molecule has 1 N–H and O–H groups in total. The highest BCUT2D eigenvalue weighted by atomic mass is 32.2. The molecule has 8 nitrogen and oxygen atoms in total. The summed E-state index contributed by atoms with van der Waals surface area (Å²) < 4.78 is 24.0. The molecule has 0 bridgehead atoms. The monoisotopic (exact) mass is 432 g/mol. The Kier molecular flexibility index (Phi) is 5.92. The molecule has 0 unspecified atom stereocenters. The van der Waals surface area contributed by atoms with Gasteiger partial charge in [-0.3, -0.25) is 14.5 Å². The number of H-pyrrole nitrogens is 1. The van der Waals surface area contributed by atoms with Crippen LogP contribution in [0.15, 0.2) is 29.1 Å². The molecule has 1 aliphatic heterocycles. The summed E-state index contributed by atoms with van der Waals surface area (Å²) in [7, 11) is -1.25. The third-order valence-electron chi connectivity index (χ3n) is 6.09. The van der Waals surface area contributed by atoms with Crippen LogP contribution < -0.4 is 5.56 Å². The van der Waals surface area contributed by atoms with E-state index in [1.54, 1.807) is 18.2 Å². The van der Waals surface area contributed by atoms with Crippen molar-refractivity contribution in [3.8, 4) is 0 Å². The SMILES string of the molecule is CN(CC(=O)N(C1CCCC1)[C@@H]1CCS(=O)(=O)C1)Cc1nc2ccccc2c(=O)[nH]1. The van der Waals surface area contributed by atoms with E-state index in [2.05, 4.69) is 9.97 Å². The zero-order valence-corrected chi connectivity index (χ0v) is 18.0. The van der Waals surface area contributed by atoms with Crippen molar-refractivity contribution in [2.24, 2.45) is 0 Å². The Labute approximate surface area is 176 Å². The van der Waals surface area contributed by atoms with Gasteiger partial charge in [0.25, 0.3) is 5.56 Å². The summed E-state index contributed by atoms with van der Waals surface area (Å²) in [4.78, 5) is 36.4. The molecule has 162 valence electrons. The predicted octanol–water partition coefficient (Wildman–Crippen LogP) is 1.31. The molecule has 0 radical (unpaired) electrons. The highest BCUT2D eigenvalue weighted by Crippen LogP contribution is 2.29. The minimum absolute atomic E-state index is 0.0466. The number of hydrogen-bond acceptors (Lipinski definition) is 6. The summed E-state index contributed by atoms with van der Waals surface area (Å²) in [5.74, 6) is 0.685. The van der Waals surface area contributed by atoms with Crippen molar-refractivity contribution in [3.05, 3.63) is 40.4 Å². The Morgan fingerprint density at radius 1 is 1.17 bits per heavy atom. The lowest BCUT2D eigenvalue weighted by atomic mass is 10.1. The molecular weight excluding hydrogens is 404 g/mol. The molecule has 1 amide bonds. The van der Waals surface area contributed by atoms with E-state index >= 15 is 0 Å².